The third-order valence-corrected chi connectivity index (χ3v) is 7.44. The molecule has 0 bridgehead atoms. The first kappa shape index (κ1) is 20.3. The molecular formula is C29H29N3O. The van der Waals surface area contributed by atoms with Crippen molar-refractivity contribution in [3.63, 3.8) is 0 Å². The van der Waals surface area contributed by atoms with E-state index in [0.29, 0.717) is 0 Å². The maximum atomic E-state index is 6.52. The number of hydrazone groups is 1. The van der Waals surface area contributed by atoms with Crippen molar-refractivity contribution in [3.05, 3.63) is 108 Å². The molecule has 0 radical (unpaired) electrons. The minimum Gasteiger partial charge on any atom is -0.349 e. The van der Waals surface area contributed by atoms with Crippen molar-refractivity contribution in [1.29, 1.82) is 0 Å². The van der Waals surface area contributed by atoms with E-state index in [4.69, 9.17) is 9.84 Å². The van der Waals surface area contributed by atoms with E-state index in [1.165, 1.54) is 16.8 Å². The zero-order valence-electron chi connectivity index (χ0n) is 19.2. The minimum absolute atomic E-state index is 0.159. The molecule has 33 heavy (non-hydrogen) atoms. The van der Waals surface area contributed by atoms with Crippen LogP contribution in [0.4, 0.5) is 11.4 Å². The quantitative estimate of drug-likeness (QED) is 0.498. The highest BCUT2D eigenvalue weighted by Gasteiger charge is 2.59. The van der Waals surface area contributed by atoms with E-state index in [1.807, 2.05) is 6.07 Å². The van der Waals surface area contributed by atoms with E-state index in [9.17, 15) is 0 Å². The highest BCUT2D eigenvalue weighted by molar-refractivity contribution is 5.98. The molecule has 3 aromatic rings. The van der Waals surface area contributed by atoms with Crippen molar-refractivity contribution in [1.82, 2.24) is 0 Å². The molecular weight excluding hydrogens is 406 g/mol. The van der Waals surface area contributed by atoms with E-state index in [2.05, 4.69) is 115 Å². The number of nitrogens with zero attached hydrogens (tertiary/aromatic N) is 3. The largest absolute Gasteiger partial charge is 0.349 e. The molecule has 3 heterocycles. The van der Waals surface area contributed by atoms with E-state index in [-0.39, 0.29) is 11.5 Å². The molecule has 0 N–H and O–H groups in total. The van der Waals surface area contributed by atoms with Crippen LogP contribution < -0.4 is 9.91 Å². The summed E-state index contributed by atoms with van der Waals surface area (Å²) in [5.74, 6) is 0. The molecule has 166 valence electrons. The van der Waals surface area contributed by atoms with Crippen LogP contribution in [-0.4, -0.2) is 24.6 Å². The van der Waals surface area contributed by atoms with Crippen molar-refractivity contribution in [2.75, 3.05) is 23.1 Å². The molecule has 0 amide bonds. The lowest BCUT2D eigenvalue weighted by Crippen LogP contribution is -2.51. The first-order chi connectivity index (χ1) is 16.1. The van der Waals surface area contributed by atoms with Gasteiger partial charge >= 0.3 is 0 Å². The Labute approximate surface area is 195 Å². The third-order valence-electron chi connectivity index (χ3n) is 7.44. The van der Waals surface area contributed by atoms with Gasteiger partial charge in [0.1, 0.15) is 0 Å². The second-order valence-corrected chi connectivity index (χ2v) is 9.57. The molecule has 4 heteroatoms. The number of fused-ring (bicyclic) bond motifs is 3. The van der Waals surface area contributed by atoms with Gasteiger partial charge in [-0.15, -0.1) is 0 Å². The molecule has 3 aliphatic heterocycles. The van der Waals surface area contributed by atoms with Crippen molar-refractivity contribution < 1.29 is 4.74 Å². The molecule has 1 saturated heterocycles. The summed E-state index contributed by atoms with van der Waals surface area (Å²) in [4.78, 5) is 2.43. The summed E-state index contributed by atoms with van der Waals surface area (Å²) in [7, 11) is 0. The number of hydrogen-bond acceptors (Lipinski definition) is 4. The van der Waals surface area contributed by atoms with Gasteiger partial charge in [-0.25, -0.2) is 0 Å². The topological polar surface area (TPSA) is 28.1 Å². The summed E-state index contributed by atoms with van der Waals surface area (Å²) in [6, 6.07) is 30.0. The molecule has 1 fully saturated rings. The van der Waals surface area contributed by atoms with Crippen LogP contribution in [0.1, 0.15) is 37.4 Å². The molecule has 3 aliphatic rings. The van der Waals surface area contributed by atoms with Gasteiger partial charge in [-0.1, -0.05) is 80.6 Å². The zero-order valence-corrected chi connectivity index (χ0v) is 19.2. The molecule has 4 nitrogen and oxygen atoms in total. The number of benzene rings is 3. The Bertz CT molecular complexity index is 1220. The number of ether oxygens (including phenoxy) is 1. The zero-order chi connectivity index (χ0) is 22.5. The fourth-order valence-corrected chi connectivity index (χ4v) is 5.73. The maximum absolute atomic E-state index is 6.52. The van der Waals surface area contributed by atoms with Crippen molar-refractivity contribution >= 4 is 17.1 Å². The first-order valence-electron chi connectivity index (χ1n) is 11.8. The number of allylic oxidation sites excluding steroid dienone is 1. The van der Waals surface area contributed by atoms with Gasteiger partial charge in [0, 0.05) is 24.1 Å². The van der Waals surface area contributed by atoms with E-state index >= 15 is 0 Å². The van der Waals surface area contributed by atoms with Gasteiger partial charge in [0.2, 0.25) is 0 Å². The molecule has 0 aliphatic carbocycles. The van der Waals surface area contributed by atoms with Crippen LogP contribution in [0.2, 0.25) is 0 Å². The van der Waals surface area contributed by atoms with Crippen LogP contribution in [-0.2, 0) is 10.2 Å². The normalized spacial score (nSPS) is 25.4. The van der Waals surface area contributed by atoms with Crippen molar-refractivity contribution in [2.24, 2.45) is 5.10 Å². The lowest BCUT2D eigenvalue weighted by molar-refractivity contribution is -0.000230. The molecule has 6 rings (SSSR count). The smallest absolute Gasteiger partial charge is 0.170 e. The number of para-hydroxylation sites is 2. The number of hydrogen-bond donors (Lipinski definition) is 0. The summed E-state index contributed by atoms with van der Waals surface area (Å²) in [6.45, 7) is 6.22. The van der Waals surface area contributed by atoms with Crippen LogP contribution in [0.15, 0.2) is 102 Å². The van der Waals surface area contributed by atoms with E-state index in [0.717, 1.165) is 31.0 Å². The Hall–Kier alpha value is -3.37. The summed E-state index contributed by atoms with van der Waals surface area (Å²) in [6.07, 6.45) is 5.32. The van der Waals surface area contributed by atoms with Crippen LogP contribution in [0.3, 0.4) is 0 Å². The third kappa shape index (κ3) is 3.05. The van der Waals surface area contributed by atoms with E-state index < -0.39 is 5.72 Å². The fourth-order valence-electron chi connectivity index (χ4n) is 5.73. The van der Waals surface area contributed by atoms with Crippen LogP contribution in [0.5, 0.6) is 0 Å². The van der Waals surface area contributed by atoms with Gasteiger partial charge in [0.25, 0.3) is 0 Å². The second kappa shape index (κ2) is 7.60. The molecule has 3 aromatic carbocycles. The van der Waals surface area contributed by atoms with Gasteiger partial charge in [-0.05, 0) is 41.5 Å². The number of rotatable bonds is 4. The lowest BCUT2D eigenvalue weighted by Gasteiger charge is -2.39. The highest BCUT2D eigenvalue weighted by Crippen LogP contribution is 2.54. The van der Waals surface area contributed by atoms with Crippen molar-refractivity contribution in [3.8, 4) is 0 Å². The number of anilines is 2. The molecule has 0 aromatic heterocycles. The van der Waals surface area contributed by atoms with E-state index in [1.54, 1.807) is 0 Å². The predicted octanol–water partition coefficient (Wildman–Crippen LogP) is 6.07. The Morgan fingerprint density at radius 1 is 0.909 bits per heavy atom. The van der Waals surface area contributed by atoms with Crippen molar-refractivity contribution in [2.45, 2.75) is 37.5 Å². The molecule has 0 unspecified atom stereocenters. The molecule has 0 saturated carbocycles. The summed E-state index contributed by atoms with van der Waals surface area (Å²) in [5.41, 5.74) is 5.44. The predicted molar refractivity (Wildman–Crippen MR) is 135 cm³/mol. The molecule has 2 atom stereocenters. The molecule has 0 spiro atoms. The van der Waals surface area contributed by atoms with Crippen LogP contribution >= 0.6 is 0 Å². The fraction of sp³-hybridized carbons (Fsp3) is 0.276. The van der Waals surface area contributed by atoms with Gasteiger partial charge < -0.3 is 9.64 Å². The Kier molecular flexibility index (Phi) is 4.66. The standard InChI is InChI=1S/C29H29N3O/c1-28(2)25-15-9-10-16-26(25)31-19-20-33-29(28,31)18-17-23-21-27(22-11-5-3-6-12-22)32(30-23)24-13-7-4-8-14-24/h3-18,27H,19-21H2,1-2H3/b18-17+/t27-,29-/m1/s1. The monoisotopic (exact) mass is 435 g/mol. The summed E-state index contributed by atoms with van der Waals surface area (Å²) in [5, 5.41) is 7.24. The second-order valence-electron chi connectivity index (χ2n) is 9.57. The van der Waals surface area contributed by atoms with Gasteiger partial charge in [-0.2, -0.15) is 5.10 Å². The SMILES string of the molecule is CC1(C)c2ccccc2N2CCO[C@@]21/C=C/C1=NN(c2ccccc2)[C@@H](c2ccccc2)C1. The highest BCUT2D eigenvalue weighted by atomic mass is 16.5. The average molecular weight is 436 g/mol. The Morgan fingerprint density at radius 3 is 2.39 bits per heavy atom. The van der Waals surface area contributed by atoms with Crippen LogP contribution in [0.25, 0.3) is 0 Å². The van der Waals surface area contributed by atoms with Gasteiger partial charge in [0.15, 0.2) is 5.72 Å². The maximum Gasteiger partial charge on any atom is 0.170 e. The Morgan fingerprint density at radius 2 is 1.61 bits per heavy atom. The van der Waals surface area contributed by atoms with Gasteiger partial charge in [0.05, 0.1) is 24.0 Å². The minimum atomic E-state index is -0.485. The van der Waals surface area contributed by atoms with Crippen LogP contribution in [0, 0.1) is 0 Å². The average Bonchev–Trinajstić information content (AvgIpc) is 3.53. The summed E-state index contributed by atoms with van der Waals surface area (Å²) < 4.78 is 6.52. The Balaban J connectivity index is 1.37. The lowest BCUT2D eigenvalue weighted by atomic mass is 9.77. The first-order valence-corrected chi connectivity index (χ1v) is 11.8. The van der Waals surface area contributed by atoms with Gasteiger partial charge in [-0.3, -0.25) is 5.01 Å². The summed E-state index contributed by atoms with van der Waals surface area (Å²) >= 11 is 0.